The van der Waals surface area contributed by atoms with Crippen molar-refractivity contribution in [1.82, 2.24) is 4.31 Å². The Morgan fingerprint density at radius 1 is 1.09 bits per heavy atom. The minimum atomic E-state index is -4.30. The van der Waals surface area contributed by atoms with Gasteiger partial charge in [0.25, 0.3) is 0 Å². The summed E-state index contributed by atoms with van der Waals surface area (Å²) < 4.78 is 69.6. The van der Waals surface area contributed by atoms with E-state index >= 15 is 0 Å². The van der Waals surface area contributed by atoms with Gasteiger partial charge in [0.1, 0.15) is 0 Å². The Balaban J connectivity index is 1.61. The van der Waals surface area contributed by atoms with Gasteiger partial charge in [0, 0.05) is 29.4 Å². The summed E-state index contributed by atoms with van der Waals surface area (Å²) in [5, 5.41) is 5.43. The number of halogens is 3. The molecule has 0 bridgehead atoms. The van der Waals surface area contributed by atoms with E-state index in [-0.39, 0.29) is 24.5 Å². The van der Waals surface area contributed by atoms with Crippen LogP contribution in [-0.4, -0.2) is 63.4 Å². The third-order valence-electron chi connectivity index (χ3n) is 4.44. The third-order valence-corrected chi connectivity index (χ3v) is 7.48. The molecule has 1 heterocycles. The number of amides is 1. The van der Waals surface area contributed by atoms with Crippen LogP contribution in [-0.2, 0) is 19.6 Å². The largest absolute Gasteiger partial charge is 0.398 e. The molecule has 0 aromatic heterocycles. The monoisotopic (exact) mass is 489 g/mol. The number of benzene rings is 2. The van der Waals surface area contributed by atoms with Crippen LogP contribution in [0, 0.1) is 0 Å². The molecule has 1 saturated heterocycles. The molecule has 0 unspecified atom stereocenters. The molecule has 2 N–H and O–H groups in total. The summed E-state index contributed by atoms with van der Waals surface area (Å²) in [6, 6.07) is 12.3. The van der Waals surface area contributed by atoms with Gasteiger partial charge in [0.05, 0.1) is 30.4 Å². The number of morpholine rings is 1. The van der Waals surface area contributed by atoms with Gasteiger partial charge < -0.3 is 15.4 Å². The second-order valence-corrected chi connectivity index (χ2v) is 9.80. The quantitative estimate of drug-likeness (QED) is 0.553. The first-order valence-corrected chi connectivity index (χ1v) is 12.1. The third kappa shape index (κ3) is 6.86. The predicted molar refractivity (Wildman–Crippen MR) is 116 cm³/mol. The lowest BCUT2D eigenvalue weighted by Crippen LogP contribution is -2.40. The molecule has 2 aromatic carbocycles. The van der Waals surface area contributed by atoms with Crippen LogP contribution in [0.5, 0.6) is 0 Å². The first kappa shape index (κ1) is 24.4. The first-order valence-electron chi connectivity index (χ1n) is 9.65. The topological polar surface area (TPSA) is 87.7 Å². The van der Waals surface area contributed by atoms with Crippen LogP contribution in [0.1, 0.15) is 0 Å². The van der Waals surface area contributed by atoms with Gasteiger partial charge in [-0.05, 0) is 30.3 Å². The number of thioether (sulfide) groups is 1. The highest BCUT2D eigenvalue weighted by Crippen LogP contribution is 2.32. The van der Waals surface area contributed by atoms with Gasteiger partial charge in [0.2, 0.25) is 15.9 Å². The number of carbonyl (C=O) groups excluding carboxylic acids is 1. The van der Waals surface area contributed by atoms with Crippen molar-refractivity contribution in [2.75, 3.05) is 49.2 Å². The van der Waals surface area contributed by atoms with Crippen molar-refractivity contribution >= 4 is 39.1 Å². The number of nitrogens with zero attached hydrogens (tertiary/aromatic N) is 1. The fourth-order valence-electron chi connectivity index (χ4n) is 2.95. The Bertz CT molecular complexity index is 1040. The maximum absolute atomic E-state index is 12.8. The normalized spacial score (nSPS) is 15.3. The maximum atomic E-state index is 12.8. The van der Waals surface area contributed by atoms with E-state index in [9.17, 15) is 26.4 Å². The van der Waals surface area contributed by atoms with Crippen LogP contribution in [0.3, 0.4) is 0 Å². The zero-order valence-corrected chi connectivity index (χ0v) is 18.5. The highest BCUT2D eigenvalue weighted by Gasteiger charge is 2.28. The summed E-state index contributed by atoms with van der Waals surface area (Å²) in [4.78, 5) is 12.8. The Morgan fingerprint density at radius 3 is 2.53 bits per heavy atom. The molecule has 0 radical (unpaired) electrons. The van der Waals surface area contributed by atoms with Crippen LogP contribution in [0.15, 0.2) is 58.3 Å². The SMILES string of the molecule is O=C(CNc1ccccc1SCC(F)(F)F)Nc1cccc(S(=O)(=O)N2CCOCC2)c1. The summed E-state index contributed by atoms with van der Waals surface area (Å²) in [6.07, 6.45) is -4.30. The van der Waals surface area contributed by atoms with E-state index in [0.29, 0.717) is 41.2 Å². The lowest BCUT2D eigenvalue weighted by atomic mass is 10.3. The number of ether oxygens (including phenoxy) is 1. The molecular weight excluding hydrogens is 467 g/mol. The van der Waals surface area contributed by atoms with E-state index < -0.39 is 27.9 Å². The van der Waals surface area contributed by atoms with E-state index in [4.69, 9.17) is 4.74 Å². The van der Waals surface area contributed by atoms with Crippen LogP contribution < -0.4 is 10.6 Å². The Labute approximate surface area is 188 Å². The van der Waals surface area contributed by atoms with E-state index in [1.807, 2.05) is 0 Å². The standard InChI is InChI=1S/C20H22F3N3O4S2/c21-20(22,23)14-31-18-7-2-1-6-17(18)24-13-19(27)25-15-4-3-5-16(12-15)32(28,29)26-8-10-30-11-9-26/h1-7,12,24H,8-11,13-14H2,(H,25,27). The highest BCUT2D eigenvalue weighted by molar-refractivity contribution is 7.99. The Kier molecular flexibility index (Phi) is 8.04. The number of anilines is 2. The molecule has 0 aliphatic carbocycles. The Morgan fingerprint density at radius 2 is 1.81 bits per heavy atom. The van der Waals surface area contributed by atoms with Crippen molar-refractivity contribution in [2.24, 2.45) is 0 Å². The van der Waals surface area contributed by atoms with Gasteiger partial charge in [-0.2, -0.15) is 17.5 Å². The zero-order chi connectivity index (χ0) is 23.2. The predicted octanol–water partition coefficient (Wildman–Crippen LogP) is 3.41. The molecule has 3 rings (SSSR count). The number of para-hydroxylation sites is 1. The minimum Gasteiger partial charge on any atom is -0.379 e. The molecule has 0 saturated carbocycles. The summed E-state index contributed by atoms with van der Waals surface area (Å²) in [5.74, 6) is -1.51. The lowest BCUT2D eigenvalue weighted by molar-refractivity contribution is -0.114. The number of hydrogen-bond donors (Lipinski definition) is 2. The van der Waals surface area contributed by atoms with E-state index in [0.717, 1.165) is 0 Å². The molecule has 0 atom stereocenters. The zero-order valence-electron chi connectivity index (χ0n) is 16.9. The first-order chi connectivity index (χ1) is 15.1. The van der Waals surface area contributed by atoms with Crippen molar-refractivity contribution in [3.63, 3.8) is 0 Å². The lowest BCUT2D eigenvalue weighted by Gasteiger charge is -2.26. The average Bonchev–Trinajstić information content (AvgIpc) is 2.77. The van der Waals surface area contributed by atoms with Gasteiger partial charge in [-0.15, -0.1) is 11.8 Å². The number of hydrogen-bond acceptors (Lipinski definition) is 6. The molecule has 32 heavy (non-hydrogen) atoms. The van der Waals surface area contributed by atoms with Crippen molar-refractivity contribution in [3.8, 4) is 0 Å². The fraction of sp³-hybridized carbons (Fsp3) is 0.350. The fourth-order valence-corrected chi connectivity index (χ4v) is 5.19. The molecule has 7 nitrogen and oxygen atoms in total. The van der Waals surface area contributed by atoms with Gasteiger partial charge in [-0.1, -0.05) is 18.2 Å². The van der Waals surface area contributed by atoms with E-state index in [1.165, 1.54) is 28.6 Å². The number of rotatable bonds is 8. The molecule has 1 aliphatic rings. The van der Waals surface area contributed by atoms with Gasteiger partial charge in [-0.25, -0.2) is 8.42 Å². The van der Waals surface area contributed by atoms with Crippen molar-refractivity contribution in [2.45, 2.75) is 16.0 Å². The number of nitrogens with one attached hydrogen (secondary N) is 2. The molecule has 1 aliphatic heterocycles. The molecule has 2 aromatic rings. The van der Waals surface area contributed by atoms with Crippen LogP contribution in [0.4, 0.5) is 24.5 Å². The van der Waals surface area contributed by atoms with E-state index in [1.54, 1.807) is 24.3 Å². The summed E-state index contributed by atoms with van der Waals surface area (Å²) in [7, 11) is -3.71. The molecule has 0 spiro atoms. The summed E-state index contributed by atoms with van der Waals surface area (Å²) >= 11 is 0.628. The molecule has 12 heteroatoms. The number of carbonyl (C=O) groups is 1. The average molecular weight is 490 g/mol. The van der Waals surface area contributed by atoms with Crippen molar-refractivity contribution < 1.29 is 31.1 Å². The van der Waals surface area contributed by atoms with Crippen LogP contribution >= 0.6 is 11.8 Å². The van der Waals surface area contributed by atoms with E-state index in [2.05, 4.69) is 10.6 Å². The summed E-state index contributed by atoms with van der Waals surface area (Å²) in [6.45, 7) is 0.960. The van der Waals surface area contributed by atoms with Crippen molar-refractivity contribution in [3.05, 3.63) is 48.5 Å². The van der Waals surface area contributed by atoms with Gasteiger partial charge in [-0.3, -0.25) is 4.79 Å². The second-order valence-electron chi connectivity index (χ2n) is 6.85. The van der Waals surface area contributed by atoms with Gasteiger partial charge >= 0.3 is 6.18 Å². The Hall–Kier alpha value is -2.28. The second kappa shape index (κ2) is 10.6. The molecule has 1 fully saturated rings. The molecular formula is C20H22F3N3O4S2. The molecule has 1 amide bonds. The smallest absolute Gasteiger partial charge is 0.379 e. The van der Waals surface area contributed by atoms with Crippen LogP contribution in [0.2, 0.25) is 0 Å². The molecule has 174 valence electrons. The minimum absolute atomic E-state index is 0.0547. The maximum Gasteiger partial charge on any atom is 0.398 e. The highest BCUT2D eigenvalue weighted by atomic mass is 32.2. The van der Waals surface area contributed by atoms with Crippen LogP contribution in [0.25, 0.3) is 0 Å². The van der Waals surface area contributed by atoms with Crippen molar-refractivity contribution in [1.29, 1.82) is 0 Å². The summed E-state index contributed by atoms with van der Waals surface area (Å²) in [5.41, 5.74) is 0.700. The number of alkyl halides is 3. The van der Waals surface area contributed by atoms with Gasteiger partial charge in [0.15, 0.2) is 0 Å². The number of sulfonamides is 1.